The molecule has 0 saturated heterocycles. The Morgan fingerprint density at radius 2 is 1.71 bits per heavy atom. The molecule has 0 aliphatic rings. The molecule has 200 valence electrons. The second-order valence-electron chi connectivity index (χ2n) is 8.35. The number of hydrogen-bond donors (Lipinski definition) is 1. The molecule has 3 aromatic heterocycles. The van der Waals surface area contributed by atoms with E-state index in [1.54, 1.807) is 7.05 Å². The quantitative estimate of drug-likeness (QED) is 0.309. The molecule has 0 atom stereocenters. The zero-order chi connectivity index (χ0) is 28.0. The zero-order valence-corrected chi connectivity index (χ0v) is 19.8. The van der Waals surface area contributed by atoms with Crippen LogP contribution in [0.15, 0.2) is 42.7 Å². The normalized spacial score (nSPS) is 12.2. The number of anilines is 1. The van der Waals surface area contributed by atoms with Gasteiger partial charge in [0.05, 0.1) is 40.4 Å². The van der Waals surface area contributed by atoms with Gasteiger partial charge < -0.3 is 5.73 Å². The van der Waals surface area contributed by atoms with Crippen molar-refractivity contribution in [1.82, 2.24) is 29.8 Å². The number of benzene rings is 1. The summed E-state index contributed by atoms with van der Waals surface area (Å²) in [7, 11) is 1.62. The van der Waals surface area contributed by atoms with Crippen LogP contribution in [0.4, 0.5) is 32.2 Å². The summed E-state index contributed by atoms with van der Waals surface area (Å²) >= 11 is 0. The second kappa shape index (κ2) is 9.46. The van der Waals surface area contributed by atoms with Gasteiger partial charge in [-0.2, -0.15) is 31.4 Å². The van der Waals surface area contributed by atoms with Crippen LogP contribution in [0.3, 0.4) is 0 Å². The Kier molecular flexibility index (Phi) is 6.63. The third-order valence-corrected chi connectivity index (χ3v) is 5.64. The van der Waals surface area contributed by atoms with Crippen molar-refractivity contribution in [3.05, 3.63) is 59.5 Å². The lowest BCUT2D eigenvalue weighted by atomic mass is 10.1. The highest BCUT2D eigenvalue weighted by atomic mass is 19.4. The molecule has 0 bridgehead atoms. The van der Waals surface area contributed by atoms with E-state index in [1.165, 1.54) is 29.1 Å². The van der Waals surface area contributed by atoms with E-state index in [9.17, 15) is 35.9 Å². The molecular weight excluding hydrogens is 520 g/mol. The number of nitrogens with zero attached hydrogens (tertiary/aromatic N) is 6. The molecule has 0 aliphatic heterocycles. The van der Waals surface area contributed by atoms with Crippen LogP contribution in [0.2, 0.25) is 0 Å². The Labute approximate surface area is 210 Å². The Hall–Kier alpha value is -4.43. The Bertz CT molecular complexity index is 1530. The van der Waals surface area contributed by atoms with E-state index >= 15 is 0 Å². The number of hydrogen-bond acceptors (Lipinski definition) is 6. The van der Waals surface area contributed by atoms with Crippen molar-refractivity contribution in [2.24, 2.45) is 7.05 Å². The average Bonchev–Trinajstić information content (AvgIpc) is 3.22. The van der Waals surface area contributed by atoms with E-state index in [1.807, 2.05) is 0 Å². The van der Waals surface area contributed by atoms with Crippen LogP contribution in [0, 0.1) is 0 Å². The van der Waals surface area contributed by atoms with Gasteiger partial charge in [-0.05, 0) is 30.3 Å². The van der Waals surface area contributed by atoms with Gasteiger partial charge in [0.15, 0.2) is 0 Å². The number of carbonyl (C=O) groups excluding carboxylic acids is 2. The molecule has 0 spiro atoms. The van der Waals surface area contributed by atoms with Gasteiger partial charge in [-0.3, -0.25) is 19.3 Å². The number of amides is 2. The lowest BCUT2D eigenvalue weighted by Crippen LogP contribution is -2.52. The van der Waals surface area contributed by atoms with Gasteiger partial charge >= 0.3 is 12.4 Å². The van der Waals surface area contributed by atoms with Crippen molar-refractivity contribution >= 4 is 39.4 Å². The van der Waals surface area contributed by atoms with Crippen LogP contribution < -0.4 is 5.73 Å². The third kappa shape index (κ3) is 5.31. The molecule has 9 nitrogen and oxygen atoms in total. The van der Waals surface area contributed by atoms with Crippen molar-refractivity contribution in [2.45, 2.75) is 25.8 Å². The smallest absolute Gasteiger partial charge is 0.383 e. The summed E-state index contributed by atoms with van der Waals surface area (Å²) < 4.78 is 80.3. The number of nitrogens with two attached hydrogens (primary N) is 1. The summed E-state index contributed by atoms with van der Waals surface area (Å²) in [6.45, 7) is -1.70. The van der Waals surface area contributed by atoms with Gasteiger partial charge in [-0.15, -0.1) is 0 Å². The molecule has 0 fully saturated rings. The fraction of sp³-hybridized carbons (Fsp3) is 0.261. The highest BCUT2D eigenvalue weighted by molar-refractivity contribution is 6.10. The maximum absolute atomic E-state index is 13.6. The van der Waals surface area contributed by atoms with Crippen LogP contribution >= 0.6 is 0 Å². The number of aryl methyl sites for hydroxylation is 1. The van der Waals surface area contributed by atoms with Crippen LogP contribution in [-0.4, -0.2) is 54.3 Å². The van der Waals surface area contributed by atoms with E-state index in [0.29, 0.717) is 39.1 Å². The van der Waals surface area contributed by atoms with E-state index in [0.717, 1.165) is 13.0 Å². The second-order valence-corrected chi connectivity index (χ2v) is 8.35. The first kappa shape index (κ1) is 26.6. The highest BCUT2D eigenvalue weighted by Gasteiger charge is 2.37. The molecule has 0 unspecified atom stereocenters. The van der Waals surface area contributed by atoms with E-state index in [2.05, 4.69) is 15.1 Å². The van der Waals surface area contributed by atoms with Crippen molar-refractivity contribution in [3.63, 3.8) is 0 Å². The molecule has 1 aromatic carbocycles. The monoisotopic (exact) mass is 539 g/mol. The lowest BCUT2D eigenvalue weighted by Gasteiger charge is -2.34. The SMILES string of the molecule is CC(=O)N(CC(F)(F)F)N(Cc1ccc(C(F)(F)F)cn1)C(=O)c1ccc2nc(N)c3cnn(C)c3c2c1. The van der Waals surface area contributed by atoms with Crippen LogP contribution in [0.5, 0.6) is 0 Å². The Morgan fingerprint density at radius 1 is 1.00 bits per heavy atom. The van der Waals surface area contributed by atoms with Crippen molar-refractivity contribution in [1.29, 1.82) is 0 Å². The first-order valence-corrected chi connectivity index (χ1v) is 10.9. The minimum absolute atomic E-state index is 0.119. The molecule has 0 radical (unpaired) electrons. The van der Waals surface area contributed by atoms with Crippen LogP contribution in [-0.2, 0) is 24.6 Å². The lowest BCUT2D eigenvalue weighted by molar-refractivity contribution is -0.184. The summed E-state index contributed by atoms with van der Waals surface area (Å²) in [5.41, 5.74) is 5.48. The molecule has 0 saturated carbocycles. The zero-order valence-electron chi connectivity index (χ0n) is 19.8. The van der Waals surface area contributed by atoms with Gasteiger partial charge in [0.2, 0.25) is 5.91 Å². The van der Waals surface area contributed by atoms with Crippen molar-refractivity contribution in [3.8, 4) is 0 Å². The average molecular weight is 539 g/mol. The number of aromatic nitrogens is 4. The van der Waals surface area contributed by atoms with Gasteiger partial charge in [-0.1, -0.05) is 0 Å². The Morgan fingerprint density at radius 3 is 2.29 bits per heavy atom. The molecule has 2 amide bonds. The predicted molar refractivity (Wildman–Crippen MR) is 123 cm³/mol. The molecule has 0 aliphatic carbocycles. The molecule has 3 heterocycles. The topological polar surface area (TPSA) is 110 Å². The van der Waals surface area contributed by atoms with Gasteiger partial charge in [0, 0.05) is 31.1 Å². The first-order chi connectivity index (χ1) is 17.7. The summed E-state index contributed by atoms with van der Waals surface area (Å²) in [5.74, 6) is -1.96. The Balaban J connectivity index is 1.80. The molecule has 4 aromatic rings. The summed E-state index contributed by atoms with van der Waals surface area (Å²) in [6, 6.07) is 5.69. The van der Waals surface area contributed by atoms with Crippen LogP contribution in [0.25, 0.3) is 21.8 Å². The van der Waals surface area contributed by atoms with E-state index < -0.39 is 42.8 Å². The summed E-state index contributed by atoms with van der Waals surface area (Å²) in [4.78, 5) is 33.7. The van der Waals surface area contributed by atoms with Gasteiger partial charge in [-0.25, -0.2) is 15.0 Å². The number of nitrogen functional groups attached to an aromatic ring is 1. The van der Waals surface area contributed by atoms with E-state index in [4.69, 9.17) is 5.73 Å². The maximum atomic E-state index is 13.6. The largest absolute Gasteiger partial charge is 0.417 e. The summed E-state index contributed by atoms with van der Waals surface area (Å²) in [6.07, 6.45) is -7.62. The maximum Gasteiger partial charge on any atom is 0.417 e. The summed E-state index contributed by atoms with van der Waals surface area (Å²) in [5, 5.41) is 5.69. The number of carbonyl (C=O) groups is 2. The van der Waals surface area contributed by atoms with E-state index in [-0.39, 0.29) is 22.1 Å². The first-order valence-electron chi connectivity index (χ1n) is 10.9. The van der Waals surface area contributed by atoms with Crippen molar-refractivity contribution < 1.29 is 35.9 Å². The standard InChI is InChI=1S/C23H19F6N7O2/c1-12(37)36(11-22(24,25)26)35(10-15-5-4-14(8-31-15)23(27,28)29)21(38)13-3-6-18-16(7-13)19-17(20(30)33-18)9-32-34(19)2/h3-9H,10-11H2,1-2H3,(H2,30,33). The number of pyridine rings is 2. The third-order valence-electron chi connectivity index (χ3n) is 5.64. The number of rotatable bonds is 4. The van der Waals surface area contributed by atoms with Crippen molar-refractivity contribution in [2.75, 3.05) is 12.3 Å². The fourth-order valence-corrected chi connectivity index (χ4v) is 3.88. The van der Waals surface area contributed by atoms with Gasteiger partial charge in [0.25, 0.3) is 5.91 Å². The molecular formula is C23H19F6N7O2. The number of halogens is 6. The number of alkyl halides is 6. The predicted octanol–water partition coefficient (Wildman–Crippen LogP) is 4.09. The van der Waals surface area contributed by atoms with Crippen LogP contribution in [0.1, 0.15) is 28.5 Å². The minimum atomic E-state index is -4.89. The number of fused-ring (bicyclic) bond motifs is 3. The molecule has 15 heteroatoms. The highest BCUT2D eigenvalue weighted by Crippen LogP contribution is 2.30. The molecule has 38 heavy (non-hydrogen) atoms. The van der Waals surface area contributed by atoms with Gasteiger partial charge in [0.1, 0.15) is 12.4 Å². The number of hydrazine groups is 1. The minimum Gasteiger partial charge on any atom is -0.383 e. The fourth-order valence-electron chi connectivity index (χ4n) is 3.88. The molecule has 2 N–H and O–H groups in total. The molecule has 4 rings (SSSR count).